The molecule has 1 fully saturated rings. The van der Waals surface area contributed by atoms with Gasteiger partial charge in [0, 0.05) is 30.7 Å². The molecule has 4 rings (SSSR count). The fourth-order valence-corrected chi connectivity index (χ4v) is 5.49. The molecule has 1 aliphatic heterocycles. The molecule has 0 radical (unpaired) electrons. The van der Waals surface area contributed by atoms with Crippen LogP contribution in [0.5, 0.6) is 0 Å². The van der Waals surface area contributed by atoms with E-state index in [1.54, 1.807) is 24.3 Å². The molecule has 1 unspecified atom stereocenters. The number of rotatable bonds is 4. The summed E-state index contributed by atoms with van der Waals surface area (Å²) in [5.74, 6) is 0.596. The summed E-state index contributed by atoms with van der Waals surface area (Å²) in [6, 6.07) is 12.2. The lowest BCUT2D eigenvalue weighted by Gasteiger charge is -2.37. The van der Waals surface area contributed by atoms with Gasteiger partial charge in [0.15, 0.2) is 0 Å². The number of nitrogens with one attached hydrogen (secondary N) is 1. The third kappa shape index (κ3) is 3.94. The average molecular weight is 491 g/mol. The van der Waals surface area contributed by atoms with E-state index in [0.717, 1.165) is 10.0 Å². The Kier molecular flexibility index (Phi) is 5.80. The highest BCUT2D eigenvalue weighted by Gasteiger charge is 2.31. The fourth-order valence-electron chi connectivity index (χ4n) is 3.73. The van der Waals surface area contributed by atoms with Crippen LogP contribution >= 0.6 is 15.9 Å². The molecule has 1 aromatic heterocycles. The summed E-state index contributed by atoms with van der Waals surface area (Å²) >= 11 is 3.41. The SMILES string of the molecule is Cc1cc(S(=O)(=O)N2CCN(C(C)c3nc4ccccc4c(=O)[nH]3)CC2)ccc1Br. The van der Waals surface area contributed by atoms with E-state index in [1.165, 1.54) is 4.31 Å². The van der Waals surface area contributed by atoms with Crippen molar-refractivity contribution < 1.29 is 8.42 Å². The van der Waals surface area contributed by atoms with Crippen LogP contribution in [0.3, 0.4) is 0 Å². The third-order valence-corrected chi connectivity index (χ3v) is 8.40. The topological polar surface area (TPSA) is 86.4 Å². The maximum absolute atomic E-state index is 13.0. The minimum Gasteiger partial charge on any atom is -0.309 e. The molecule has 0 bridgehead atoms. The Morgan fingerprint density at radius 1 is 1.10 bits per heavy atom. The number of para-hydroxylation sites is 1. The number of aromatic amines is 1. The number of hydrogen-bond donors (Lipinski definition) is 1. The Hall–Kier alpha value is -2.07. The second kappa shape index (κ2) is 8.22. The van der Waals surface area contributed by atoms with Crippen molar-refractivity contribution in [3.8, 4) is 0 Å². The standard InChI is InChI=1S/C21H23BrN4O3S/c1-14-13-16(7-8-18(14)22)30(28,29)26-11-9-25(10-12-26)15(2)20-23-19-6-4-3-5-17(19)21(27)24-20/h3-8,13,15H,9-12H2,1-2H3,(H,23,24,27). The first kappa shape index (κ1) is 21.2. The largest absolute Gasteiger partial charge is 0.309 e. The Morgan fingerprint density at radius 2 is 1.80 bits per heavy atom. The predicted molar refractivity (Wildman–Crippen MR) is 120 cm³/mol. The van der Waals surface area contributed by atoms with Crippen molar-refractivity contribution in [2.24, 2.45) is 0 Å². The number of nitrogens with zero attached hydrogens (tertiary/aromatic N) is 3. The van der Waals surface area contributed by atoms with Gasteiger partial charge in [-0.3, -0.25) is 9.69 Å². The summed E-state index contributed by atoms with van der Waals surface area (Å²) in [7, 11) is -3.54. The van der Waals surface area contributed by atoms with E-state index in [0.29, 0.717) is 47.8 Å². The monoisotopic (exact) mass is 490 g/mol. The quantitative estimate of drug-likeness (QED) is 0.607. The van der Waals surface area contributed by atoms with Crippen molar-refractivity contribution in [1.29, 1.82) is 0 Å². The maximum atomic E-state index is 13.0. The van der Waals surface area contributed by atoms with Crippen molar-refractivity contribution in [2.45, 2.75) is 24.8 Å². The van der Waals surface area contributed by atoms with E-state index in [2.05, 4.69) is 30.8 Å². The Labute approximate surface area is 183 Å². The number of sulfonamides is 1. The highest BCUT2D eigenvalue weighted by molar-refractivity contribution is 9.10. The van der Waals surface area contributed by atoms with Gasteiger partial charge >= 0.3 is 0 Å². The molecular weight excluding hydrogens is 468 g/mol. The minimum absolute atomic E-state index is 0.123. The van der Waals surface area contributed by atoms with Crippen LogP contribution in [0.1, 0.15) is 24.4 Å². The smallest absolute Gasteiger partial charge is 0.258 e. The second-order valence-electron chi connectivity index (χ2n) is 7.50. The molecule has 0 saturated carbocycles. The molecule has 9 heteroatoms. The summed E-state index contributed by atoms with van der Waals surface area (Å²) in [5, 5.41) is 0.564. The number of aromatic nitrogens is 2. The van der Waals surface area contributed by atoms with Gasteiger partial charge in [-0.15, -0.1) is 0 Å². The fraction of sp³-hybridized carbons (Fsp3) is 0.333. The van der Waals surface area contributed by atoms with E-state index in [9.17, 15) is 13.2 Å². The first-order valence-corrected chi connectivity index (χ1v) is 12.0. The molecule has 0 aliphatic carbocycles. The van der Waals surface area contributed by atoms with Crippen LogP contribution in [0.2, 0.25) is 0 Å². The number of benzene rings is 2. The van der Waals surface area contributed by atoms with Crippen molar-refractivity contribution in [1.82, 2.24) is 19.2 Å². The highest BCUT2D eigenvalue weighted by atomic mass is 79.9. The molecule has 30 heavy (non-hydrogen) atoms. The summed E-state index contributed by atoms with van der Waals surface area (Å²) in [6.07, 6.45) is 0. The van der Waals surface area contributed by atoms with Crippen molar-refractivity contribution in [3.63, 3.8) is 0 Å². The molecular formula is C21H23BrN4O3S. The van der Waals surface area contributed by atoms with E-state index < -0.39 is 10.0 Å². The number of aryl methyl sites for hydroxylation is 1. The van der Waals surface area contributed by atoms with Crippen LogP contribution in [0.15, 0.2) is 56.6 Å². The number of halogens is 1. The van der Waals surface area contributed by atoms with Gasteiger partial charge in [-0.1, -0.05) is 28.1 Å². The zero-order chi connectivity index (χ0) is 21.5. The normalized spacial score (nSPS) is 17.3. The average Bonchev–Trinajstić information content (AvgIpc) is 2.75. The van der Waals surface area contributed by atoms with Crippen molar-refractivity contribution in [3.05, 3.63) is 68.7 Å². The molecule has 7 nitrogen and oxygen atoms in total. The molecule has 0 spiro atoms. The van der Waals surface area contributed by atoms with Crippen LogP contribution < -0.4 is 5.56 Å². The van der Waals surface area contributed by atoms with Gasteiger partial charge in [0.25, 0.3) is 5.56 Å². The Balaban J connectivity index is 1.50. The number of fused-ring (bicyclic) bond motifs is 1. The zero-order valence-electron chi connectivity index (χ0n) is 16.8. The summed E-state index contributed by atoms with van der Waals surface area (Å²) in [5.41, 5.74) is 1.39. The Bertz CT molecular complexity index is 1250. The van der Waals surface area contributed by atoms with Gasteiger partial charge in [0.2, 0.25) is 10.0 Å². The highest BCUT2D eigenvalue weighted by Crippen LogP contribution is 2.25. The van der Waals surface area contributed by atoms with E-state index in [-0.39, 0.29) is 11.6 Å². The minimum atomic E-state index is -3.54. The molecule has 1 saturated heterocycles. The van der Waals surface area contributed by atoms with Gasteiger partial charge in [-0.25, -0.2) is 13.4 Å². The summed E-state index contributed by atoms with van der Waals surface area (Å²) in [4.78, 5) is 22.3. The molecule has 1 N–H and O–H groups in total. The lowest BCUT2D eigenvalue weighted by Crippen LogP contribution is -2.49. The Morgan fingerprint density at radius 3 is 2.50 bits per heavy atom. The molecule has 2 heterocycles. The van der Waals surface area contributed by atoms with Gasteiger partial charge in [-0.05, 0) is 49.7 Å². The van der Waals surface area contributed by atoms with Crippen molar-refractivity contribution in [2.75, 3.05) is 26.2 Å². The lowest BCUT2D eigenvalue weighted by molar-refractivity contribution is 0.141. The van der Waals surface area contributed by atoms with Crippen LogP contribution in [-0.4, -0.2) is 53.8 Å². The molecule has 1 aliphatic rings. The molecule has 3 aromatic rings. The molecule has 1 atom stereocenters. The molecule has 0 amide bonds. The molecule has 2 aromatic carbocycles. The first-order chi connectivity index (χ1) is 14.3. The van der Waals surface area contributed by atoms with Gasteiger partial charge in [0.05, 0.1) is 21.8 Å². The number of H-pyrrole nitrogens is 1. The van der Waals surface area contributed by atoms with Crippen molar-refractivity contribution >= 4 is 36.9 Å². The van der Waals surface area contributed by atoms with E-state index in [1.807, 2.05) is 32.0 Å². The van der Waals surface area contributed by atoms with Crippen LogP contribution in [0, 0.1) is 6.92 Å². The van der Waals surface area contributed by atoms with Gasteiger partial charge in [-0.2, -0.15) is 4.31 Å². The lowest BCUT2D eigenvalue weighted by atomic mass is 10.2. The second-order valence-corrected chi connectivity index (χ2v) is 10.3. The predicted octanol–water partition coefficient (Wildman–Crippen LogP) is 3.06. The van der Waals surface area contributed by atoms with Crippen LogP contribution in [0.4, 0.5) is 0 Å². The number of hydrogen-bond acceptors (Lipinski definition) is 5. The van der Waals surface area contributed by atoms with Crippen LogP contribution in [-0.2, 0) is 10.0 Å². The maximum Gasteiger partial charge on any atom is 0.258 e. The summed E-state index contributed by atoms with van der Waals surface area (Å²) < 4.78 is 28.5. The zero-order valence-corrected chi connectivity index (χ0v) is 19.2. The van der Waals surface area contributed by atoms with E-state index >= 15 is 0 Å². The number of piperazine rings is 1. The van der Waals surface area contributed by atoms with Gasteiger partial charge in [0.1, 0.15) is 5.82 Å². The third-order valence-electron chi connectivity index (χ3n) is 5.62. The first-order valence-electron chi connectivity index (χ1n) is 9.76. The molecule has 158 valence electrons. The summed E-state index contributed by atoms with van der Waals surface area (Å²) in [6.45, 7) is 5.76. The van der Waals surface area contributed by atoms with E-state index in [4.69, 9.17) is 0 Å². The van der Waals surface area contributed by atoms with Gasteiger partial charge < -0.3 is 4.98 Å². The van der Waals surface area contributed by atoms with Crippen LogP contribution in [0.25, 0.3) is 10.9 Å².